The van der Waals surface area contributed by atoms with Gasteiger partial charge in [-0.15, -0.1) is 0 Å². The molecule has 3 rings (SSSR count). The van der Waals surface area contributed by atoms with Crippen molar-refractivity contribution in [3.05, 3.63) is 40.9 Å². The summed E-state index contributed by atoms with van der Waals surface area (Å²) < 4.78 is 33.3. The van der Waals surface area contributed by atoms with Crippen LogP contribution < -0.4 is 5.32 Å². The van der Waals surface area contributed by atoms with E-state index in [1.165, 1.54) is 64.2 Å². The number of rotatable bonds is 20. The Morgan fingerprint density at radius 1 is 0.976 bits per heavy atom. The topological polar surface area (TPSA) is 77.5 Å². The number of fused-ring (bicyclic) bond motifs is 2. The maximum atomic E-state index is 15.6. The zero-order chi connectivity index (χ0) is 29.8. The molecule has 0 saturated heterocycles. The van der Waals surface area contributed by atoms with Crippen LogP contribution in [0.1, 0.15) is 127 Å². The van der Waals surface area contributed by atoms with Crippen molar-refractivity contribution in [3.8, 4) is 0 Å². The van der Waals surface area contributed by atoms with E-state index in [2.05, 4.69) is 12.2 Å². The molecular weight excluding hydrogens is 523 g/mol. The molecule has 3 N–H and O–H groups in total. The van der Waals surface area contributed by atoms with Crippen molar-refractivity contribution >= 4 is 24.7 Å². The number of carbonyl (C=O) groups excluding carboxylic acids is 1. The zero-order valence-corrected chi connectivity index (χ0v) is 25.5. The van der Waals surface area contributed by atoms with Gasteiger partial charge < -0.3 is 33.1 Å². The smallest absolute Gasteiger partial charge is 0.394 e. The van der Waals surface area contributed by atoms with Gasteiger partial charge >= 0.3 is 6.97 Å². The normalized spacial score (nSPS) is 16.9. The van der Waals surface area contributed by atoms with E-state index in [0.29, 0.717) is 29.2 Å². The molecule has 2 aliphatic heterocycles. The van der Waals surface area contributed by atoms with Gasteiger partial charge in [-0.1, -0.05) is 90.4 Å². The Labute approximate surface area is 245 Å². The summed E-state index contributed by atoms with van der Waals surface area (Å²) >= 11 is 0. The van der Waals surface area contributed by atoms with E-state index in [0.717, 1.165) is 33.8 Å². The number of aryl methyl sites for hydroxylation is 2. The number of amides is 1. The Morgan fingerprint density at radius 3 is 2.15 bits per heavy atom. The number of aliphatic hydroxyl groups excluding tert-OH is 2. The summed E-state index contributed by atoms with van der Waals surface area (Å²) in [5.74, 6) is -0.367. The highest BCUT2D eigenvalue weighted by Gasteiger charge is 2.52. The second kappa shape index (κ2) is 16.4. The van der Waals surface area contributed by atoms with Crippen LogP contribution in [0.15, 0.2) is 23.9 Å². The van der Waals surface area contributed by atoms with Gasteiger partial charge in [-0.2, -0.15) is 0 Å². The summed E-state index contributed by atoms with van der Waals surface area (Å²) in [7, 11) is 0. The third-order valence-corrected chi connectivity index (χ3v) is 8.63. The molecule has 0 saturated carbocycles. The van der Waals surface area contributed by atoms with Gasteiger partial charge in [0, 0.05) is 36.8 Å². The summed E-state index contributed by atoms with van der Waals surface area (Å²) in [6, 6.07) is 1.01. The number of halogens is 2. The molecule has 41 heavy (non-hydrogen) atoms. The molecule has 2 atom stereocenters. The van der Waals surface area contributed by atoms with Gasteiger partial charge in [0.15, 0.2) is 5.70 Å². The molecule has 0 radical (unpaired) electrons. The lowest BCUT2D eigenvalue weighted by Crippen LogP contribution is -2.50. The van der Waals surface area contributed by atoms with Crippen molar-refractivity contribution in [3.63, 3.8) is 0 Å². The molecule has 0 unspecified atom stereocenters. The van der Waals surface area contributed by atoms with E-state index in [1.807, 2.05) is 6.92 Å². The van der Waals surface area contributed by atoms with Crippen LogP contribution in [0.25, 0.3) is 6.08 Å². The lowest BCUT2D eigenvalue weighted by Gasteiger charge is -2.30. The second-order valence-electron chi connectivity index (χ2n) is 12.0. The van der Waals surface area contributed by atoms with Crippen LogP contribution in [0.3, 0.4) is 0 Å². The molecule has 0 fully saturated rings. The summed E-state index contributed by atoms with van der Waals surface area (Å²) in [5.41, 5.74) is 2.65. The predicted molar refractivity (Wildman–Crippen MR) is 164 cm³/mol. The minimum absolute atomic E-state index is 0.00583. The van der Waals surface area contributed by atoms with E-state index in [9.17, 15) is 15.0 Å². The largest absolute Gasteiger partial charge is 0.737 e. The minimum atomic E-state index is -4.06. The van der Waals surface area contributed by atoms with Gasteiger partial charge in [-0.05, 0) is 37.6 Å². The first kappa shape index (κ1) is 33.2. The van der Waals surface area contributed by atoms with Crippen LogP contribution in [0, 0.1) is 13.8 Å². The summed E-state index contributed by atoms with van der Waals surface area (Å²) in [5, 5.41) is 23.0. The molecule has 0 aliphatic carbocycles. The summed E-state index contributed by atoms with van der Waals surface area (Å²) in [6.45, 7) is 1.33. The Hall–Kier alpha value is -2.26. The van der Waals surface area contributed by atoms with Crippen molar-refractivity contribution < 1.29 is 28.1 Å². The van der Waals surface area contributed by atoms with Gasteiger partial charge in [0.25, 0.3) is 0 Å². The third-order valence-electron chi connectivity index (χ3n) is 8.63. The van der Waals surface area contributed by atoms with E-state index in [1.54, 1.807) is 31.2 Å². The van der Waals surface area contributed by atoms with Crippen LogP contribution in [0.5, 0.6) is 0 Å². The molecule has 0 aromatic carbocycles. The molecule has 230 valence electrons. The van der Waals surface area contributed by atoms with Crippen molar-refractivity contribution in [2.75, 3.05) is 6.61 Å². The van der Waals surface area contributed by atoms with Crippen LogP contribution in [0.2, 0.25) is 0 Å². The van der Waals surface area contributed by atoms with Gasteiger partial charge in [0.1, 0.15) is 5.71 Å². The summed E-state index contributed by atoms with van der Waals surface area (Å²) in [6.07, 6.45) is 21.1. The number of hydrogen-bond donors (Lipinski definition) is 3. The van der Waals surface area contributed by atoms with Crippen LogP contribution in [-0.2, 0) is 4.79 Å². The van der Waals surface area contributed by atoms with Crippen LogP contribution >= 0.6 is 0 Å². The number of nitrogens with zero attached hydrogens (tertiary/aromatic N) is 2. The first-order valence-corrected chi connectivity index (χ1v) is 16.0. The lowest BCUT2D eigenvalue weighted by molar-refractivity contribution is -0.362. The fraction of sp³-hybridized carbons (Fsp3) is 0.688. The van der Waals surface area contributed by atoms with Crippen LogP contribution in [0.4, 0.5) is 8.63 Å². The fourth-order valence-electron chi connectivity index (χ4n) is 6.25. The molecule has 1 aromatic heterocycles. The Kier molecular flexibility index (Phi) is 13.3. The van der Waals surface area contributed by atoms with Gasteiger partial charge in [-0.3, -0.25) is 4.79 Å². The van der Waals surface area contributed by atoms with Crippen molar-refractivity contribution in [1.82, 2.24) is 9.79 Å². The Balaban J connectivity index is 1.34. The number of unbranched alkanes of at least 4 members (excludes halogenated alkanes) is 12. The van der Waals surface area contributed by atoms with E-state index in [4.69, 9.17) is 0 Å². The third kappa shape index (κ3) is 9.11. The fourth-order valence-corrected chi connectivity index (χ4v) is 6.25. The molecule has 9 heteroatoms. The highest BCUT2D eigenvalue weighted by molar-refractivity contribution is 6.58. The molecule has 6 nitrogen and oxygen atoms in total. The Bertz CT molecular complexity index is 1100. The number of aliphatic hydroxyl groups is 2. The zero-order valence-electron chi connectivity index (χ0n) is 25.5. The maximum Gasteiger partial charge on any atom is 0.737 e. The number of aromatic nitrogens is 1. The number of nitrogens with one attached hydrogen (secondary N) is 1. The van der Waals surface area contributed by atoms with Crippen molar-refractivity contribution in [1.29, 1.82) is 0 Å². The quantitative estimate of drug-likeness (QED) is 0.118. The molecule has 2 aliphatic rings. The SMILES string of the molecule is CCCCCCCCCCCCCCC[C@@H](O)[C@H](CO)NC(=O)CCC1=[N+]2C(=Cc3c(C)cc(C)n3[B-]2(F)F)C=C1. The Morgan fingerprint density at radius 2 is 1.56 bits per heavy atom. The minimum Gasteiger partial charge on any atom is -0.394 e. The first-order chi connectivity index (χ1) is 19.7. The standard InChI is InChI=1S/C32H52BF2N3O3/c1-4-5-6-7-8-9-10-11-12-13-14-15-16-17-31(40)29(24-39)36-32(41)21-20-27-18-19-28-23-30-25(2)22-26(3)37(30)33(34,35)38(27)28/h18-19,22-23,29,31,39-40H,4-17,20-21,24H2,1-3H3,(H,36,41)/t29-,31+/m0/s1. The number of carbonyl (C=O) groups is 1. The van der Waals surface area contributed by atoms with Gasteiger partial charge in [0.05, 0.1) is 18.8 Å². The molecule has 1 aromatic rings. The first-order valence-electron chi connectivity index (χ1n) is 16.0. The highest BCUT2D eigenvalue weighted by Crippen LogP contribution is 2.34. The molecule has 0 bridgehead atoms. The van der Waals surface area contributed by atoms with E-state index < -0.39 is 19.1 Å². The van der Waals surface area contributed by atoms with E-state index in [-0.39, 0.29) is 25.4 Å². The predicted octanol–water partition coefficient (Wildman–Crippen LogP) is 6.80. The maximum absolute atomic E-state index is 15.6. The molecule has 3 heterocycles. The van der Waals surface area contributed by atoms with Gasteiger partial charge in [0.2, 0.25) is 5.91 Å². The average molecular weight is 576 g/mol. The van der Waals surface area contributed by atoms with E-state index >= 15 is 8.63 Å². The second-order valence-corrected chi connectivity index (χ2v) is 12.0. The monoisotopic (exact) mass is 575 g/mol. The average Bonchev–Trinajstić information content (AvgIpc) is 3.49. The number of allylic oxidation sites excluding steroid dienone is 2. The number of hydrogen-bond acceptors (Lipinski definition) is 3. The van der Waals surface area contributed by atoms with Gasteiger partial charge in [-0.25, -0.2) is 0 Å². The summed E-state index contributed by atoms with van der Waals surface area (Å²) in [4.78, 5) is 12.6. The highest BCUT2D eigenvalue weighted by atomic mass is 19.2. The molecule has 0 spiro atoms. The molecular formula is C32H52BF2N3O3. The van der Waals surface area contributed by atoms with Crippen molar-refractivity contribution in [2.45, 2.75) is 136 Å². The molecule has 1 amide bonds. The lowest BCUT2D eigenvalue weighted by atomic mass is 9.90. The van der Waals surface area contributed by atoms with Crippen molar-refractivity contribution in [2.24, 2.45) is 0 Å². The van der Waals surface area contributed by atoms with Crippen LogP contribution in [-0.4, -0.2) is 56.5 Å².